The Morgan fingerprint density at radius 2 is 1.89 bits per heavy atom. The summed E-state index contributed by atoms with van der Waals surface area (Å²) in [6.45, 7) is 3.27. The molecule has 0 radical (unpaired) electrons. The summed E-state index contributed by atoms with van der Waals surface area (Å²) in [5.41, 5.74) is 1.59. The first-order valence-electron chi connectivity index (χ1n) is 6.19. The van der Waals surface area contributed by atoms with Gasteiger partial charge in [-0.2, -0.15) is 4.98 Å². The molecule has 1 N–H and O–H groups in total. The first kappa shape index (κ1) is 13.3. The van der Waals surface area contributed by atoms with E-state index in [4.69, 9.17) is 0 Å². The first-order valence-corrected chi connectivity index (χ1v) is 7.91. The minimum atomic E-state index is -3.23. The van der Waals surface area contributed by atoms with Crippen LogP contribution in [-0.4, -0.2) is 28.7 Å². The Kier molecular flexibility index (Phi) is 3.56. The number of aromatic hydroxyl groups is 1. The third-order valence-corrected chi connectivity index (χ3v) is 5.35. The van der Waals surface area contributed by atoms with E-state index < -0.39 is 15.1 Å². The summed E-state index contributed by atoms with van der Waals surface area (Å²) in [4.78, 5) is 8.21. The van der Waals surface area contributed by atoms with Gasteiger partial charge in [0.1, 0.15) is 11.6 Å². The fourth-order valence-corrected chi connectivity index (χ4v) is 2.86. The Morgan fingerprint density at radius 3 is 2.56 bits per heavy atom. The van der Waals surface area contributed by atoms with Crippen LogP contribution in [-0.2, 0) is 28.4 Å². The fraction of sp³-hybridized carbons (Fsp3) is 0.667. The van der Waals surface area contributed by atoms with Gasteiger partial charge >= 0.3 is 0 Å². The molecule has 0 atom stereocenters. The lowest BCUT2D eigenvalue weighted by Crippen LogP contribution is -2.19. The predicted molar refractivity (Wildman–Crippen MR) is 68.1 cm³/mol. The fourth-order valence-electron chi connectivity index (χ4n) is 2.04. The zero-order valence-corrected chi connectivity index (χ0v) is 11.5. The van der Waals surface area contributed by atoms with Crippen molar-refractivity contribution >= 4 is 9.84 Å². The highest BCUT2D eigenvalue weighted by Crippen LogP contribution is 2.26. The first-order chi connectivity index (χ1) is 8.40. The second-order valence-corrected chi connectivity index (χ2v) is 7.51. The van der Waals surface area contributed by atoms with Gasteiger partial charge in [0.05, 0.1) is 10.9 Å². The maximum atomic E-state index is 11.8. The number of aryl methyl sites for hydroxylation is 1. The van der Waals surface area contributed by atoms with E-state index in [-0.39, 0.29) is 17.5 Å². The van der Waals surface area contributed by atoms with Gasteiger partial charge in [0.25, 0.3) is 0 Å². The Hall–Kier alpha value is -1.17. The number of nitrogens with zero attached hydrogens (tertiary/aromatic N) is 2. The molecule has 0 bridgehead atoms. The monoisotopic (exact) mass is 270 g/mol. The highest BCUT2D eigenvalue weighted by atomic mass is 32.2. The second kappa shape index (κ2) is 4.84. The maximum absolute atomic E-state index is 11.8. The van der Waals surface area contributed by atoms with Crippen LogP contribution in [0.1, 0.15) is 43.8 Å². The molecule has 0 saturated carbocycles. The summed E-state index contributed by atoms with van der Waals surface area (Å²) < 4.78 is 23.6. The van der Waals surface area contributed by atoms with Gasteiger partial charge in [-0.1, -0.05) is 0 Å². The quantitative estimate of drug-likeness (QED) is 0.897. The van der Waals surface area contributed by atoms with Crippen molar-refractivity contribution in [2.45, 2.75) is 50.5 Å². The van der Waals surface area contributed by atoms with Crippen molar-refractivity contribution in [3.8, 4) is 5.88 Å². The molecule has 100 valence electrons. The van der Waals surface area contributed by atoms with Crippen LogP contribution in [0.5, 0.6) is 5.88 Å². The van der Waals surface area contributed by atoms with Crippen molar-refractivity contribution in [1.82, 2.24) is 9.97 Å². The second-order valence-electron chi connectivity index (χ2n) is 4.95. The molecule has 0 aliphatic heterocycles. The molecule has 0 amide bonds. The summed E-state index contributed by atoms with van der Waals surface area (Å²) >= 11 is 0. The minimum absolute atomic E-state index is 0.0475. The normalized spacial score (nSPS) is 15.7. The van der Waals surface area contributed by atoms with Crippen molar-refractivity contribution in [2.75, 3.05) is 0 Å². The van der Waals surface area contributed by atoms with Crippen LogP contribution in [0, 0.1) is 0 Å². The Labute approximate surface area is 107 Å². The summed E-state index contributed by atoms with van der Waals surface area (Å²) in [5.74, 6) is -0.0404. The van der Waals surface area contributed by atoms with E-state index in [2.05, 4.69) is 9.97 Å². The Morgan fingerprint density at radius 1 is 1.22 bits per heavy atom. The Balaban J connectivity index is 2.34. The van der Waals surface area contributed by atoms with Gasteiger partial charge in [0.15, 0.2) is 9.84 Å². The highest BCUT2D eigenvalue weighted by Gasteiger charge is 2.22. The van der Waals surface area contributed by atoms with E-state index in [1.807, 2.05) is 0 Å². The summed E-state index contributed by atoms with van der Waals surface area (Å²) in [6, 6.07) is 0. The van der Waals surface area contributed by atoms with Crippen LogP contribution in [0.4, 0.5) is 0 Å². The minimum Gasteiger partial charge on any atom is -0.493 e. The molecule has 0 spiro atoms. The number of hydrogen-bond acceptors (Lipinski definition) is 5. The number of rotatable bonds is 3. The molecule has 1 aromatic rings. The molecule has 1 heterocycles. The molecule has 5 nitrogen and oxygen atoms in total. The van der Waals surface area contributed by atoms with E-state index in [1.54, 1.807) is 13.8 Å². The molecular formula is C12H18N2O3S. The van der Waals surface area contributed by atoms with E-state index >= 15 is 0 Å². The lowest BCUT2D eigenvalue weighted by atomic mass is 9.97. The van der Waals surface area contributed by atoms with E-state index in [9.17, 15) is 13.5 Å². The van der Waals surface area contributed by atoms with Crippen molar-refractivity contribution < 1.29 is 13.5 Å². The third-order valence-electron chi connectivity index (χ3n) is 3.26. The zero-order valence-electron chi connectivity index (χ0n) is 10.7. The molecule has 1 aromatic heterocycles. The van der Waals surface area contributed by atoms with Gasteiger partial charge < -0.3 is 5.11 Å². The molecule has 0 fully saturated rings. The van der Waals surface area contributed by atoms with Crippen LogP contribution in [0.25, 0.3) is 0 Å². The molecule has 0 aromatic carbocycles. The molecule has 1 aliphatic carbocycles. The summed E-state index contributed by atoms with van der Waals surface area (Å²) in [6.07, 6.45) is 3.62. The van der Waals surface area contributed by atoms with Gasteiger partial charge in [0.2, 0.25) is 5.88 Å². The van der Waals surface area contributed by atoms with Crippen LogP contribution in [0.3, 0.4) is 0 Å². The van der Waals surface area contributed by atoms with Crippen molar-refractivity contribution in [3.63, 3.8) is 0 Å². The lowest BCUT2D eigenvalue weighted by Gasteiger charge is -2.16. The number of sulfone groups is 1. The average Bonchev–Trinajstić information content (AvgIpc) is 2.28. The zero-order chi connectivity index (χ0) is 13.3. The maximum Gasteiger partial charge on any atom is 0.217 e. The van der Waals surface area contributed by atoms with Crippen LogP contribution in [0.15, 0.2) is 0 Å². The third kappa shape index (κ3) is 2.63. The smallest absolute Gasteiger partial charge is 0.217 e. The van der Waals surface area contributed by atoms with Gasteiger partial charge in [-0.3, -0.25) is 0 Å². The standard InChI is InChI=1S/C12H18N2O3S/c1-8(2)18(16,17)7-11-13-10-6-4-3-5-9(10)12(15)14-11/h8H,3-7H2,1-2H3,(H,13,14,15). The van der Waals surface area contributed by atoms with E-state index in [0.29, 0.717) is 0 Å². The number of hydrogen-bond donors (Lipinski definition) is 1. The van der Waals surface area contributed by atoms with Crippen molar-refractivity contribution in [2.24, 2.45) is 0 Å². The molecule has 0 unspecified atom stereocenters. The van der Waals surface area contributed by atoms with Gasteiger partial charge in [-0.05, 0) is 39.5 Å². The predicted octanol–water partition coefficient (Wildman–Crippen LogP) is 1.38. The molecule has 6 heteroatoms. The largest absolute Gasteiger partial charge is 0.493 e. The van der Waals surface area contributed by atoms with Crippen molar-refractivity contribution in [1.29, 1.82) is 0 Å². The lowest BCUT2D eigenvalue weighted by molar-refractivity contribution is 0.434. The van der Waals surface area contributed by atoms with Gasteiger partial charge in [-0.15, -0.1) is 0 Å². The van der Waals surface area contributed by atoms with Crippen LogP contribution >= 0.6 is 0 Å². The molecular weight excluding hydrogens is 252 g/mol. The van der Waals surface area contributed by atoms with E-state index in [1.165, 1.54) is 0 Å². The number of aromatic nitrogens is 2. The van der Waals surface area contributed by atoms with Gasteiger partial charge in [-0.25, -0.2) is 13.4 Å². The highest BCUT2D eigenvalue weighted by molar-refractivity contribution is 7.91. The summed E-state index contributed by atoms with van der Waals surface area (Å²) in [7, 11) is -3.23. The molecule has 2 rings (SSSR count). The van der Waals surface area contributed by atoms with Gasteiger partial charge in [0, 0.05) is 5.56 Å². The summed E-state index contributed by atoms with van der Waals surface area (Å²) in [5, 5.41) is 9.37. The van der Waals surface area contributed by atoms with Crippen molar-refractivity contribution in [3.05, 3.63) is 17.1 Å². The van der Waals surface area contributed by atoms with Crippen LogP contribution < -0.4 is 0 Å². The Bertz CT molecular complexity index is 553. The number of fused-ring (bicyclic) bond motifs is 1. The topological polar surface area (TPSA) is 80.2 Å². The molecule has 18 heavy (non-hydrogen) atoms. The molecule has 1 aliphatic rings. The van der Waals surface area contributed by atoms with E-state index in [0.717, 1.165) is 36.9 Å². The average molecular weight is 270 g/mol. The SMILES string of the molecule is CC(C)S(=O)(=O)Cc1nc(O)c2c(n1)CCCC2. The van der Waals surface area contributed by atoms with Crippen LogP contribution in [0.2, 0.25) is 0 Å². The molecule has 0 saturated heterocycles.